The first-order valence-corrected chi connectivity index (χ1v) is 15.2. The molecule has 6 nitrogen and oxygen atoms in total. The van der Waals surface area contributed by atoms with E-state index >= 15 is 0 Å². The Morgan fingerprint density at radius 3 is 1.65 bits per heavy atom. The lowest BCUT2D eigenvalue weighted by molar-refractivity contribution is 0.911. The van der Waals surface area contributed by atoms with Crippen molar-refractivity contribution in [2.45, 2.75) is 0 Å². The highest BCUT2D eigenvalue weighted by atomic mass is 15.3. The average Bonchev–Trinajstić information content (AvgIpc) is 3.72. The van der Waals surface area contributed by atoms with Crippen LogP contribution >= 0.6 is 0 Å². The van der Waals surface area contributed by atoms with Crippen LogP contribution in [0.2, 0.25) is 0 Å². The second kappa shape index (κ2) is 10.6. The van der Waals surface area contributed by atoms with Crippen LogP contribution in [0.15, 0.2) is 158 Å². The molecule has 3 heterocycles. The highest BCUT2D eigenvalue weighted by molar-refractivity contribution is 6.18. The molecule has 6 aromatic carbocycles. The molecule has 0 amide bonds. The van der Waals surface area contributed by atoms with Crippen LogP contribution in [0.4, 0.5) is 0 Å². The number of para-hydroxylation sites is 2. The largest absolute Gasteiger partial charge is 0.308 e. The maximum Gasteiger partial charge on any atom is 0.164 e. The third-order valence-electron chi connectivity index (χ3n) is 8.45. The number of rotatable bonds is 5. The van der Waals surface area contributed by atoms with Crippen molar-refractivity contribution < 1.29 is 0 Å². The summed E-state index contributed by atoms with van der Waals surface area (Å²) in [6, 6.07) is 51.8. The Kier molecular flexibility index (Phi) is 6.03. The fraction of sp³-hybridized carbons (Fsp3) is 0. The van der Waals surface area contributed by atoms with Crippen molar-refractivity contribution in [2.24, 2.45) is 0 Å². The Morgan fingerprint density at radius 1 is 0.391 bits per heavy atom. The maximum atomic E-state index is 4.99. The Bertz CT molecular complexity index is 2460. The van der Waals surface area contributed by atoms with E-state index in [0.29, 0.717) is 17.5 Å². The molecule has 0 unspecified atom stereocenters. The van der Waals surface area contributed by atoms with E-state index in [1.807, 2.05) is 89.7 Å². The second-order valence-electron chi connectivity index (χ2n) is 11.2. The van der Waals surface area contributed by atoms with Crippen molar-refractivity contribution in [3.8, 4) is 45.5 Å². The first kappa shape index (κ1) is 26.0. The summed E-state index contributed by atoms with van der Waals surface area (Å²) in [6.07, 6.45) is 1.98. The lowest BCUT2D eigenvalue weighted by Crippen LogP contribution is -2.01. The number of hydrogen-bond donors (Lipinski definition) is 0. The third kappa shape index (κ3) is 4.27. The zero-order valence-corrected chi connectivity index (χ0v) is 24.7. The van der Waals surface area contributed by atoms with Gasteiger partial charge in [0.25, 0.3) is 0 Å². The van der Waals surface area contributed by atoms with Gasteiger partial charge in [0.05, 0.1) is 28.4 Å². The molecule has 46 heavy (non-hydrogen) atoms. The van der Waals surface area contributed by atoms with Gasteiger partial charge in [-0.1, -0.05) is 109 Å². The van der Waals surface area contributed by atoms with Crippen molar-refractivity contribution in [2.75, 3.05) is 0 Å². The van der Waals surface area contributed by atoms with Gasteiger partial charge in [-0.25, -0.2) is 19.6 Å². The van der Waals surface area contributed by atoms with Gasteiger partial charge in [0, 0.05) is 38.5 Å². The molecule has 0 N–H and O–H groups in total. The van der Waals surface area contributed by atoms with Gasteiger partial charge < -0.3 is 4.57 Å². The van der Waals surface area contributed by atoms with Crippen LogP contribution < -0.4 is 0 Å². The Labute approximate surface area is 264 Å². The molecule has 0 bridgehead atoms. The third-order valence-corrected chi connectivity index (χ3v) is 8.45. The van der Waals surface area contributed by atoms with E-state index in [1.54, 1.807) is 0 Å². The van der Waals surface area contributed by atoms with Crippen LogP contribution in [0.25, 0.3) is 78.2 Å². The number of fused-ring (bicyclic) bond motifs is 5. The lowest BCUT2D eigenvalue weighted by atomic mass is 10.1. The van der Waals surface area contributed by atoms with Crippen LogP contribution in [0.3, 0.4) is 0 Å². The van der Waals surface area contributed by atoms with E-state index < -0.39 is 0 Å². The van der Waals surface area contributed by atoms with E-state index in [4.69, 9.17) is 20.1 Å². The first-order valence-electron chi connectivity index (χ1n) is 15.2. The number of nitrogens with zero attached hydrogens (tertiary/aromatic N) is 6. The van der Waals surface area contributed by atoms with Gasteiger partial charge >= 0.3 is 0 Å². The minimum absolute atomic E-state index is 0.623. The van der Waals surface area contributed by atoms with Gasteiger partial charge in [-0.2, -0.15) is 5.10 Å². The summed E-state index contributed by atoms with van der Waals surface area (Å²) in [4.78, 5) is 14.9. The van der Waals surface area contributed by atoms with E-state index in [9.17, 15) is 0 Å². The molecule has 0 fully saturated rings. The summed E-state index contributed by atoms with van der Waals surface area (Å²) in [5.74, 6) is 1.90. The average molecular weight is 591 g/mol. The zero-order valence-electron chi connectivity index (χ0n) is 24.7. The Hall–Kier alpha value is -6.40. The number of benzene rings is 6. The molecule has 216 valence electrons. The van der Waals surface area contributed by atoms with Gasteiger partial charge in [0.2, 0.25) is 0 Å². The van der Waals surface area contributed by atoms with Gasteiger partial charge in [0.15, 0.2) is 17.5 Å². The summed E-state index contributed by atoms with van der Waals surface area (Å²) in [5, 5.41) is 8.29. The van der Waals surface area contributed by atoms with Gasteiger partial charge in [-0.05, 0) is 42.5 Å². The normalized spacial score (nSPS) is 11.5. The van der Waals surface area contributed by atoms with Crippen LogP contribution in [-0.4, -0.2) is 29.3 Å². The van der Waals surface area contributed by atoms with Crippen molar-refractivity contribution in [1.82, 2.24) is 29.3 Å². The molecule has 0 saturated heterocycles. The summed E-state index contributed by atoms with van der Waals surface area (Å²) in [6.45, 7) is 0. The number of hydrogen-bond acceptors (Lipinski definition) is 4. The van der Waals surface area contributed by atoms with Crippen LogP contribution in [0.1, 0.15) is 0 Å². The van der Waals surface area contributed by atoms with Crippen molar-refractivity contribution in [1.29, 1.82) is 0 Å². The lowest BCUT2D eigenvalue weighted by Gasteiger charge is -2.12. The summed E-state index contributed by atoms with van der Waals surface area (Å²) < 4.78 is 4.35. The van der Waals surface area contributed by atoms with Crippen molar-refractivity contribution in [3.63, 3.8) is 0 Å². The molecule has 9 rings (SSSR count). The maximum absolute atomic E-state index is 4.99. The smallest absolute Gasteiger partial charge is 0.164 e. The quantitative estimate of drug-likeness (QED) is 0.200. The fourth-order valence-electron chi connectivity index (χ4n) is 6.33. The van der Waals surface area contributed by atoms with Gasteiger partial charge in [0.1, 0.15) is 0 Å². The highest BCUT2D eigenvalue weighted by Gasteiger charge is 2.19. The second-order valence-corrected chi connectivity index (χ2v) is 11.2. The Balaban J connectivity index is 1.27. The molecule has 0 aliphatic carbocycles. The minimum Gasteiger partial charge on any atom is -0.308 e. The monoisotopic (exact) mass is 590 g/mol. The van der Waals surface area contributed by atoms with Crippen LogP contribution in [-0.2, 0) is 0 Å². The van der Waals surface area contributed by atoms with Crippen molar-refractivity contribution >= 4 is 32.7 Å². The van der Waals surface area contributed by atoms with Crippen molar-refractivity contribution in [3.05, 3.63) is 158 Å². The standard InChI is InChI=1S/C40H26N6/c1-4-13-27(14-5-1)38-42-39(28-15-6-2-7-16-28)44-40(43-38)29-17-12-20-31(25-29)45-35-22-11-10-21-32(35)33-23-24-36-34(37(33)45)26-41-46(36)30-18-8-3-9-19-30/h1-26H. The summed E-state index contributed by atoms with van der Waals surface area (Å²) in [7, 11) is 0. The molecule has 0 aliphatic rings. The predicted octanol–water partition coefficient (Wildman–Crippen LogP) is 9.31. The Morgan fingerprint density at radius 2 is 0.957 bits per heavy atom. The summed E-state index contributed by atoms with van der Waals surface area (Å²) in [5.41, 5.74) is 8.14. The predicted molar refractivity (Wildman–Crippen MR) is 185 cm³/mol. The molecule has 0 spiro atoms. The van der Waals surface area contributed by atoms with Gasteiger partial charge in [-0.15, -0.1) is 0 Å². The van der Waals surface area contributed by atoms with Crippen LogP contribution in [0, 0.1) is 0 Å². The van der Waals surface area contributed by atoms with Gasteiger partial charge in [-0.3, -0.25) is 0 Å². The molecular formula is C40H26N6. The van der Waals surface area contributed by atoms with E-state index in [2.05, 4.69) is 77.4 Å². The van der Waals surface area contributed by atoms with E-state index in [1.165, 1.54) is 10.8 Å². The molecular weight excluding hydrogens is 564 g/mol. The molecule has 0 atom stereocenters. The first-order chi connectivity index (χ1) is 22.8. The fourth-order valence-corrected chi connectivity index (χ4v) is 6.33. The topological polar surface area (TPSA) is 61.4 Å². The molecule has 0 aliphatic heterocycles. The highest BCUT2D eigenvalue weighted by Crippen LogP contribution is 2.37. The molecule has 0 radical (unpaired) electrons. The molecule has 9 aromatic rings. The van der Waals surface area contributed by atoms with E-state index in [-0.39, 0.29) is 0 Å². The number of aromatic nitrogens is 6. The minimum atomic E-state index is 0.623. The zero-order chi connectivity index (χ0) is 30.5. The summed E-state index contributed by atoms with van der Waals surface area (Å²) >= 11 is 0. The molecule has 3 aromatic heterocycles. The SMILES string of the molecule is c1ccc(-c2nc(-c3ccccc3)nc(-c3cccc(-n4c5ccccc5c5ccc6c(cnn6-c6ccccc6)c54)c3)n2)cc1. The molecule has 6 heteroatoms. The molecule has 0 saturated carbocycles. The van der Waals surface area contributed by atoms with Crippen LogP contribution in [0.5, 0.6) is 0 Å². The van der Waals surface area contributed by atoms with E-state index in [0.717, 1.165) is 50.0 Å².